The van der Waals surface area contributed by atoms with Crippen LogP contribution in [0.25, 0.3) is 5.69 Å². The number of hydrogen-bond donors (Lipinski definition) is 2. The third kappa shape index (κ3) is 4.36. The van der Waals surface area contributed by atoms with E-state index in [9.17, 15) is 14.4 Å². The molecule has 0 saturated heterocycles. The van der Waals surface area contributed by atoms with Crippen molar-refractivity contribution in [3.63, 3.8) is 0 Å². The van der Waals surface area contributed by atoms with Gasteiger partial charge in [0, 0.05) is 23.1 Å². The van der Waals surface area contributed by atoms with Gasteiger partial charge < -0.3 is 14.6 Å². The van der Waals surface area contributed by atoms with Crippen molar-refractivity contribution < 1.29 is 19.1 Å². The molecule has 1 atom stereocenters. The molecule has 1 aromatic heterocycles. The number of nitrogens with zero attached hydrogens (tertiary/aromatic N) is 1. The van der Waals surface area contributed by atoms with Crippen molar-refractivity contribution in [1.29, 1.82) is 0 Å². The number of rotatable bonds is 5. The van der Waals surface area contributed by atoms with Crippen LogP contribution in [-0.2, 0) is 9.53 Å². The lowest BCUT2D eigenvalue weighted by Crippen LogP contribution is -2.45. The Hall–Kier alpha value is -3.09. The molecule has 1 aliphatic rings. The Labute approximate surface area is 157 Å². The fourth-order valence-corrected chi connectivity index (χ4v) is 2.88. The quantitative estimate of drug-likeness (QED) is 0.793. The summed E-state index contributed by atoms with van der Waals surface area (Å²) in [6.07, 6.45) is 0.758. The molecule has 2 N–H and O–H groups in total. The Bertz CT molecular complexity index is 869. The van der Waals surface area contributed by atoms with Gasteiger partial charge >= 0.3 is 12.0 Å². The van der Waals surface area contributed by atoms with Crippen LogP contribution in [0.5, 0.6) is 0 Å². The minimum atomic E-state index is -1.08. The summed E-state index contributed by atoms with van der Waals surface area (Å²) in [6, 6.07) is 11.0. The Balaban J connectivity index is 1.67. The third-order valence-electron chi connectivity index (χ3n) is 4.47. The molecule has 1 saturated carbocycles. The van der Waals surface area contributed by atoms with Crippen molar-refractivity contribution in [2.75, 3.05) is 0 Å². The van der Waals surface area contributed by atoms with E-state index in [2.05, 4.69) is 10.6 Å². The van der Waals surface area contributed by atoms with Gasteiger partial charge in [-0.1, -0.05) is 18.2 Å². The fourth-order valence-electron chi connectivity index (χ4n) is 2.88. The minimum Gasteiger partial charge on any atom is -0.449 e. The predicted octanol–water partition coefficient (Wildman–Crippen LogP) is 2.63. The largest absolute Gasteiger partial charge is 0.449 e. The van der Waals surface area contributed by atoms with Gasteiger partial charge in [-0.05, 0) is 51.8 Å². The zero-order chi connectivity index (χ0) is 19.6. The molecule has 0 aliphatic heterocycles. The van der Waals surface area contributed by atoms with E-state index in [1.165, 1.54) is 6.92 Å². The third-order valence-corrected chi connectivity index (χ3v) is 4.47. The van der Waals surface area contributed by atoms with Gasteiger partial charge in [0.2, 0.25) is 0 Å². The van der Waals surface area contributed by atoms with Crippen molar-refractivity contribution in [1.82, 2.24) is 15.2 Å². The molecule has 0 bridgehead atoms. The van der Waals surface area contributed by atoms with Gasteiger partial charge in [0.15, 0.2) is 6.10 Å². The number of ether oxygens (including phenoxy) is 1. The number of nitrogens with one attached hydrogen (secondary N) is 2. The molecule has 1 aromatic carbocycles. The number of para-hydroxylation sites is 1. The van der Waals surface area contributed by atoms with Crippen molar-refractivity contribution in [3.8, 4) is 5.69 Å². The summed E-state index contributed by atoms with van der Waals surface area (Å²) >= 11 is 0. The maximum atomic E-state index is 12.5. The van der Waals surface area contributed by atoms with E-state index >= 15 is 0 Å². The molecular weight excluding hydrogens is 346 g/mol. The van der Waals surface area contributed by atoms with Crippen LogP contribution in [0.4, 0.5) is 4.79 Å². The SMILES string of the molecule is Cc1cc(C(=O)OC(C)C(=O)NC(=O)NC2CC2)c(C)n1-c1ccccc1. The summed E-state index contributed by atoms with van der Waals surface area (Å²) in [5.74, 6) is -1.26. The van der Waals surface area contributed by atoms with Gasteiger partial charge in [-0.3, -0.25) is 10.1 Å². The number of aryl methyl sites for hydroxylation is 1. The van der Waals surface area contributed by atoms with Gasteiger partial charge in [-0.2, -0.15) is 0 Å². The number of amides is 3. The molecule has 1 fully saturated rings. The number of urea groups is 1. The van der Waals surface area contributed by atoms with E-state index < -0.39 is 24.0 Å². The maximum absolute atomic E-state index is 12.5. The summed E-state index contributed by atoms with van der Waals surface area (Å²) in [5.41, 5.74) is 2.93. The molecule has 142 valence electrons. The second-order valence-electron chi connectivity index (χ2n) is 6.74. The summed E-state index contributed by atoms with van der Waals surface area (Å²) in [4.78, 5) is 36.2. The van der Waals surface area contributed by atoms with Crippen LogP contribution >= 0.6 is 0 Å². The normalized spacial score (nSPS) is 14.3. The monoisotopic (exact) mass is 369 g/mol. The van der Waals surface area contributed by atoms with E-state index in [0.29, 0.717) is 5.56 Å². The molecule has 2 aromatic rings. The van der Waals surface area contributed by atoms with Gasteiger partial charge in [-0.25, -0.2) is 9.59 Å². The molecule has 27 heavy (non-hydrogen) atoms. The lowest BCUT2D eigenvalue weighted by molar-refractivity contribution is -0.127. The highest BCUT2D eigenvalue weighted by Crippen LogP contribution is 2.22. The molecular formula is C20H23N3O4. The number of hydrogen-bond acceptors (Lipinski definition) is 4. The van der Waals surface area contributed by atoms with E-state index in [1.807, 2.05) is 48.7 Å². The Morgan fingerprint density at radius 1 is 1.15 bits per heavy atom. The first kappa shape index (κ1) is 18.7. The highest BCUT2D eigenvalue weighted by Gasteiger charge is 2.27. The summed E-state index contributed by atoms with van der Waals surface area (Å²) in [7, 11) is 0. The number of imide groups is 1. The number of aromatic nitrogens is 1. The Morgan fingerprint density at radius 3 is 2.44 bits per heavy atom. The highest BCUT2D eigenvalue weighted by molar-refractivity contribution is 5.99. The highest BCUT2D eigenvalue weighted by atomic mass is 16.5. The molecule has 0 radical (unpaired) electrons. The molecule has 3 amide bonds. The van der Waals surface area contributed by atoms with Crippen LogP contribution in [0.2, 0.25) is 0 Å². The lowest BCUT2D eigenvalue weighted by atomic mass is 10.2. The summed E-state index contributed by atoms with van der Waals surface area (Å²) in [6.45, 7) is 5.16. The van der Waals surface area contributed by atoms with E-state index in [0.717, 1.165) is 29.9 Å². The van der Waals surface area contributed by atoms with Crippen LogP contribution in [0.3, 0.4) is 0 Å². The van der Waals surface area contributed by atoms with E-state index in [4.69, 9.17) is 4.74 Å². The predicted molar refractivity (Wildman–Crippen MR) is 99.8 cm³/mol. The molecule has 7 nitrogen and oxygen atoms in total. The summed E-state index contributed by atoms with van der Waals surface area (Å²) < 4.78 is 7.21. The first-order valence-corrected chi connectivity index (χ1v) is 8.93. The first-order valence-electron chi connectivity index (χ1n) is 8.93. The van der Waals surface area contributed by atoms with E-state index in [1.54, 1.807) is 6.07 Å². The average Bonchev–Trinajstić information content (AvgIpc) is 3.38. The Kier molecular flexibility index (Phi) is 5.30. The topological polar surface area (TPSA) is 89.4 Å². The molecule has 1 aliphatic carbocycles. The Morgan fingerprint density at radius 2 is 1.81 bits per heavy atom. The fraction of sp³-hybridized carbons (Fsp3) is 0.350. The van der Waals surface area contributed by atoms with Crippen molar-refractivity contribution >= 4 is 17.9 Å². The number of carbonyl (C=O) groups excluding carboxylic acids is 3. The van der Waals surface area contributed by atoms with Gasteiger partial charge in [0.05, 0.1) is 5.56 Å². The second kappa shape index (κ2) is 7.65. The van der Waals surface area contributed by atoms with Crippen LogP contribution in [-0.4, -0.2) is 34.6 Å². The van der Waals surface area contributed by atoms with Gasteiger partial charge in [0.1, 0.15) is 0 Å². The first-order chi connectivity index (χ1) is 12.9. The molecule has 3 rings (SSSR count). The zero-order valence-corrected chi connectivity index (χ0v) is 15.6. The van der Waals surface area contributed by atoms with Crippen molar-refractivity contribution in [2.45, 2.75) is 45.8 Å². The van der Waals surface area contributed by atoms with Crippen LogP contribution in [0.15, 0.2) is 36.4 Å². The average molecular weight is 369 g/mol. The van der Waals surface area contributed by atoms with Gasteiger partial charge in [0.25, 0.3) is 5.91 Å². The van der Waals surface area contributed by atoms with E-state index in [-0.39, 0.29) is 6.04 Å². The van der Waals surface area contributed by atoms with Crippen molar-refractivity contribution in [2.24, 2.45) is 0 Å². The number of carbonyl (C=O) groups is 3. The zero-order valence-electron chi connectivity index (χ0n) is 15.6. The maximum Gasteiger partial charge on any atom is 0.340 e. The second-order valence-corrected chi connectivity index (χ2v) is 6.74. The number of benzene rings is 1. The smallest absolute Gasteiger partial charge is 0.340 e. The summed E-state index contributed by atoms with van der Waals surface area (Å²) in [5, 5.41) is 4.84. The van der Waals surface area contributed by atoms with Crippen molar-refractivity contribution in [3.05, 3.63) is 53.3 Å². The molecule has 1 heterocycles. The standard InChI is InChI=1S/C20H23N3O4/c1-12-11-17(13(2)23(12)16-7-5-4-6-8-16)19(25)27-14(3)18(24)22-20(26)21-15-9-10-15/h4-8,11,14-15H,9-10H2,1-3H3,(H2,21,22,24,26). The molecule has 1 unspecified atom stereocenters. The van der Waals surface area contributed by atoms with Gasteiger partial charge in [-0.15, -0.1) is 0 Å². The minimum absolute atomic E-state index is 0.138. The lowest BCUT2D eigenvalue weighted by Gasteiger charge is -2.13. The molecule has 7 heteroatoms. The van der Waals surface area contributed by atoms with Crippen LogP contribution in [0.1, 0.15) is 41.5 Å². The van der Waals surface area contributed by atoms with Crippen LogP contribution in [0, 0.1) is 13.8 Å². The van der Waals surface area contributed by atoms with Crippen LogP contribution < -0.4 is 10.6 Å². The molecule has 0 spiro atoms. The number of esters is 1.